The fourth-order valence-corrected chi connectivity index (χ4v) is 2.74. The molecule has 4 heteroatoms. The molecule has 2 aromatic rings. The van der Waals surface area contributed by atoms with E-state index in [2.05, 4.69) is 22.4 Å². The van der Waals surface area contributed by atoms with E-state index in [1.807, 2.05) is 26.8 Å². The Morgan fingerprint density at radius 3 is 2.60 bits per heavy atom. The summed E-state index contributed by atoms with van der Waals surface area (Å²) >= 11 is 0. The van der Waals surface area contributed by atoms with Crippen LogP contribution in [-0.4, -0.2) is 10.9 Å². The van der Waals surface area contributed by atoms with Crippen LogP contribution in [0.1, 0.15) is 28.4 Å². The van der Waals surface area contributed by atoms with E-state index in [1.54, 1.807) is 12.3 Å². The maximum atomic E-state index is 12.3. The van der Waals surface area contributed by atoms with Crippen molar-refractivity contribution in [2.45, 2.75) is 26.9 Å². The zero-order chi connectivity index (χ0) is 14.3. The predicted octanol–water partition coefficient (Wildman–Crippen LogP) is 3.08. The maximum absolute atomic E-state index is 12.3. The molecule has 0 fully saturated rings. The smallest absolute Gasteiger partial charge is 0.271 e. The average molecular weight is 268 g/mol. The second-order valence-electron chi connectivity index (χ2n) is 5.15. The number of benzene rings is 1. The highest BCUT2D eigenvalue weighted by Gasteiger charge is 2.31. The monoisotopic (exact) mass is 268 g/mol. The van der Waals surface area contributed by atoms with Gasteiger partial charge in [-0.3, -0.25) is 4.79 Å². The first kappa shape index (κ1) is 12.7. The lowest BCUT2D eigenvalue weighted by Gasteiger charge is -2.27. The van der Waals surface area contributed by atoms with Gasteiger partial charge in [0, 0.05) is 11.8 Å². The molecule has 1 unspecified atom stereocenters. The summed E-state index contributed by atoms with van der Waals surface area (Å²) in [7, 11) is 0. The lowest BCUT2D eigenvalue weighted by atomic mass is 9.94. The van der Waals surface area contributed by atoms with Crippen LogP contribution in [0, 0.1) is 20.8 Å². The molecule has 1 atom stereocenters. The van der Waals surface area contributed by atoms with E-state index in [-0.39, 0.29) is 5.91 Å². The van der Waals surface area contributed by atoms with E-state index >= 15 is 0 Å². The lowest BCUT2D eigenvalue weighted by Crippen LogP contribution is -2.31. The van der Waals surface area contributed by atoms with Crippen molar-refractivity contribution >= 4 is 11.7 Å². The van der Waals surface area contributed by atoms with Gasteiger partial charge in [-0.15, -0.1) is 0 Å². The van der Waals surface area contributed by atoms with E-state index in [4.69, 9.17) is 4.74 Å². The number of carbonyl (C=O) groups is 1. The first-order valence-electron chi connectivity index (χ1n) is 6.56. The highest BCUT2D eigenvalue weighted by atomic mass is 16.5. The highest BCUT2D eigenvalue weighted by molar-refractivity contribution is 5.97. The van der Waals surface area contributed by atoms with Crippen LogP contribution in [0.4, 0.5) is 5.82 Å². The minimum atomic E-state index is -0.618. The molecule has 0 radical (unpaired) electrons. The number of ether oxygens (including phenoxy) is 1. The number of anilines is 1. The third-order valence-corrected chi connectivity index (χ3v) is 3.50. The Bertz CT molecular complexity index is 672. The van der Waals surface area contributed by atoms with Crippen LogP contribution in [0.2, 0.25) is 0 Å². The van der Waals surface area contributed by atoms with Gasteiger partial charge in [0.25, 0.3) is 5.91 Å². The van der Waals surface area contributed by atoms with Crippen LogP contribution in [0.15, 0.2) is 30.5 Å². The molecule has 0 aliphatic carbocycles. The summed E-state index contributed by atoms with van der Waals surface area (Å²) < 4.78 is 5.86. The highest BCUT2D eigenvalue weighted by Crippen LogP contribution is 2.35. The molecule has 0 spiro atoms. The van der Waals surface area contributed by atoms with Crippen molar-refractivity contribution in [2.75, 3.05) is 5.32 Å². The largest absolute Gasteiger partial charge is 0.472 e. The van der Waals surface area contributed by atoms with Crippen LogP contribution < -0.4 is 10.1 Å². The van der Waals surface area contributed by atoms with E-state index in [9.17, 15) is 4.79 Å². The summed E-state index contributed by atoms with van der Waals surface area (Å²) in [4.78, 5) is 16.4. The Balaban J connectivity index is 2.06. The fraction of sp³-hybridized carbons (Fsp3) is 0.250. The molecule has 1 aliphatic rings. The molecule has 1 aromatic heterocycles. The van der Waals surface area contributed by atoms with Crippen LogP contribution in [0.3, 0.4) is 0 Å². The molecule has 1 aliphatic heterocycles. The summed E-state index contributed by atoms with van der Waals surface area (Å²) in [5.74, 6) is 0.916. The van der Waals surface area contributed by atoms with Crippen molar-refractivity contribution < 1.29 is 9.53 Å². The number of fused-ring (bicyclic) bond motifs is 1. The van der Waals surface area contributed by atoms with E-state index in [1.165, 1.54) is 5.56 Å². The fourth-order valence-electron chi connectivity index (χ4n) is 2.74. The minimum absolute atomic E-state index is 0.175. The second-order valence-corrected chi connectivity index (χ2v) is 5.15. The normalized spacial score (nSPS) is 17.1. The molecule has 20 heavy (non-hydrogen) atoms. The van der Waals surface area contributed by atoms with Gasteiger partial charge in [-0.2, -0.15) is 0 Å². The number of aryl methyl sites for hydroxylation is 3. The summed E-state index contributed by atoms with van der Waals surface area (Å²) in [5.41, 5.74) is 4.25. The number of pyridine rings is 1. The Morgan fingerprint density at radius 1 is 1.20 bits per heavy atom. The summed E-state index contributed by atoms with van der Waals surface area (Å²) in [6.07, 6.45) is 1.01. The van der Waals surface area contributed by atoms with Gasteiger partial charge in [-0.25, -0.2) is 4.98 Å². The first-order chi connectivity index (χ1) is 9.56. The van der Waals surface area contributed by atoms with Crippen molar-refractivity contribution in [3.8, 4) is 5.75 Å². The molecule has 4 nitrogen and oxygen atoms in total. The van der Waals surface area contributed by atoms with Crippen molar-refractivity contribution in [3.63, 3.8) is 0 Å². The minimum Gasteiger partial charge on any atom is -0.472 e. The molecule has 0 saturated carbocycles. The molecule has 1 N–H and O–H groups in total. The van der Waals surface area contributed by atoms with Crippen LogP contribution in [0.5, 0.6) is 5.75 Å². The third-order valence-electron chi connectivity index (χ3n) is 3.50. The van der Waals surface area contributed by atoms with Gasteiger partial charge in [-0.05, 0) is 44.0 Å². The van der Waals surface area contributed by atoms with Gasteiger partial charge in [-0.1, -0.05) is 17.7 Å². The summed E-state index contributed by atoms with van der Waals surface area (Å²) in [6.45, 7) is 6.06. The van der Waals surface area contributed by atoms with Gasteiger partial charge in [0.05, 0.1) is 0 Å². The van der Waals surface area contributed by atoms with Crippen molar-refractivity contribution in [1.82, 2.24) is 4.98 Å². The molecular weight excluding hydrogens is 252 g/mol. The van der Waals surface area contributed by atoms with E-state index < -0.39 is 6.10 Å². The Labute approximate surface area is 117 Å². The number of hydrogen-bond acceptors (Lipinski definition) is 3. The van der Waals surface area contributed by atoms with Crippen molar-refractivity contribution in [1.29, 1.82) is 0 Å². The topological polar surface area (TPSA) is 51.2 Å². The molecule has 102 valence electrons. The van der Waals surface area contributed by atoms with E-state index in [0.29, 0.717) is 11.6 Å². The molecule has 3 rings (SSSR count). The maximum Gasteiger partial charge on any atom is 0.271 e. The van der Waals surface area contributed by atoms with Gasteiger partial charge < -0.3 is 10.1 Å². The lowest BCUT2D eigenvalue weighted by molar-refractivity contribution is -0.123. The average Bonchev–Trinajstić information content (AvgIpc) is 2.38. The number of nitrogens with zero attached hydrogens (tertiary/aromatic N) is 1. The molecule has 1 amide bonds. The molecular formula is C16H16N2O2. The zero-order valence-corrected chi connectivity index (χ0v) is 11.7. The van der Waals surface area contributed by atoms with E-state index in [0.717, 1.165) is 16.7 Å². The van der Waals surface area contributed by atoms with Crippen LogP contribution in [0.25, 0.3) is 0 Å². The Morgan fingerprint density at radius 2 is 1.90 bits per heavy atom. The number of hydrogen-bond donors (Lipinski definition) is 1. The zero-order valence-electron chi connectivity index (χ0n) is 11.7. The standard InChI is InChI=1S/C16H16N2O2/c1-9-7-10(2)13(11(3)8-9)14-16(19)18-15-12(20-14)5-4-6-17-15/h4-8,14H,1-3H3,(H,17,18,19). The van der Waals surface area contributed by atoms with Crippen LogP contribution in [-0.2, 0) is 4.79 Å². The quantitative estimate of drug-likeness (QED) is 0.864. The van der Waals surface area contributed by atoms with Gasteiger partial charge in [0.1, 0.15) is 0 Å². The van der Waals surface area contributed by atoms with Crippen molar-refractivity contribution in [2.24, 2.45) is 0 Å². The summed E-state index contributed by atoms with van der Waals surface area (Å²) in [5, 5.41) is 2.80. The van der Waals surface area contributed by atoms with Crippen LogP contribution >= 0.6 is 0 Å². The number of aromatic nitrogens is 1. The predicted molar refractivity (Wildman–Crippen MR) is 76.9 cm³/mol. The second kappa shape index (κ2) is 4.63. The summed E-state index contributed by atoms with van der Waals surface area (Å²) in [6, 6.07) is 7.74. The molecule has 1 aromatic carbocycles. The number of carbonyl (C=O) groups excluding carboxylic acids is 1. The molecule has 0 saturated heterocycles. The third kappa shape index (κ3) is 2.03. The first-order valence-corrected chi connectivity index (χ1v) is 6.56. The number of rotatable bonds is 1. The van der Waals surface area contributed by atoms with Gasteiger partial charge >= 0.3 is 0 Å². The van der Waals surface area contributed by atoms with Gasteiger partial charge in [0.2, 0.25) is 6.10 Å². The number of amides is 1. The van der Waals surface area contributed by atoms with Crippen molar-refractivity contribution in [3.05, 3.63) is 52.7 Å². The SMILES string of the molecule is Cc1cc(C)c(C2Oc3cccnc3NC2=O)c(C)c1. The molecule has 2 heterocycles. The Hall–Kier alpha value is -2.36. The molecule has 0 bridgehead atoms. The Kier molecular flexibility index (Phi) is 2.93. The number of nitrogens with one attached hydrogen (secondary N) is 1. The van der Waals surface area contributed by atoms with Gasteiger partial charge in [0.15, 0.2) is 11.6 Å².